The topological polar surface area (TPSA) is 63.1 Å². The molecule has 9 rings (SSSR count). The SMILES string of the molecule is CCC(CC)/C(O)=C/C(=O)C(C)(CC)CC.Cc1[c-]c(-c2nccc3cc(C(C)C)ccc23)cc(C)c1.Cc1[c-]c(-c2nccc3cc(C4CC5CCC4CC5)ccc23)cc(C)c1.[Ir]. The number of nitrogens with zero attached hydrogens (tertiary/aromatic N) is 2. The van der Waals surface area contributed by atoms with Gasteiger partial charge in [-0.2, -0.15) is 0 Å². The van der Waals surface area contributed by atoms with Crippen LogP contribution in [-0.4, -0.2) is 20.9 Å². The summed E-state index contributed by atoms with van der Waals surface area (Å²) in [5.74, 6) is 3.63. The van der Waals surface area contributed by atoms with Crippen molar-refractivity contribution >= 4 is 27.3 Å². The van der Waals surface area contributed by atoms with E-state index in [1.165, 1.54) is 82.0 Å². The zero-order valence-corrected chi connectivity index (χ0v) is 42.9. The van der Waals surface area contributed by atoms with Gasteiger partial charge >= 0.3 is 0 Å². The molecule has 0 aliphatic heterocycles. The first kappa shape index (κ1) is 50.6. The van der Waals surface area contributed by atoms with E-state index < -0.39 is 0 Å². The Morgan fingerprint density at radius 2 is 1.25 bits per heavy atom. The summed E-state index contributed by atoms with van der Waals surface area (Å²) in [6.45, 7) is 23.0. The van der Waals surface area contributed by atoms with Crippen molar-refractivity contribution in [1.29, 1.82) is 0 Å². The van der Waals surface area contributed by atoms with Gasteiger partial charge in [-0.1, -0.05) is 125 Å². The molecule has 3 aliphatic carbocycles. The zero-order valence-electron chi connectivity index (χ0n) is 40.5. The molecule has 3 aliphatic rings. The second kappa shape index (κ2) is 22.6. The summed E-state index contributed by atoms with van der Waals surface area (Å²) in [5.41, 5.74) is 11.7. The fraction of sp³-hybridized carbons (Fsp3) is 0.441. The van der Waals surface area contributed by atoms with Crippen LogP contribution in [-0.2, 0) is 24.9 Å². The number of hydrogen-bond acceptors (Lipinski definition) is 4. The van der Waals surface area contributed by atoms with Crippen LogP contribution in [0.3, 0.4) is 0 Å². The molecule has 1 N–H and O–H groups in total. The van der Waals surface area contributed by atoms with Crippen molar-refractivity contribution in [2.75, 3.05) is 0 Å². The summed E-state index contributed by atoms with van der Waals surface area (Å²) in [6, 6.07) is 33.7. The van der Waals surface area contributed by atoms with Crippen LogP contribution < -0.4 is 0 Å². The summed E-state index contributed by atoms with van der Waals surface area (Å²) in [6.07, 6.45) is 15.9. The number of aliphatic hydroxyl groups excluding tert-OH is 1. The Labute approximate surface area is 399 Å². The first-order valence-electron chi connectivity index (χ1n) is 23.9. The molecule has 0 spiro atoms. The number of aliphatic hydroxyl groups is 1. The molecule has 3 fully saturated rings. The fourth-order valence-corrected chi connectivity index (χ4v) is 9.98. The van der Waals surface area contributed by atoms with E-state index in [0.29, 0.717) is 5.92 Å². The number of aryl methyl sites for hydroxylation is 4. The fourth-order valence-electron chi connectivity index (χ4n) is 9.98. The third-order valence-electron chi connectivity index (χ3n) is 14.4. The number of fused-ring (bicyclic) bond motifs is 5. The number of pyridine rings is 2. The number of ketones is 1. The van der Waals surface area contributed by atoms with Gasteiger partial charge in [-0.15, -0.1) is 69.8 Å². The number of allylic oxidation sites excluding steroid dienone is 2. The minimum absolute atomic E-state index is 0. The molecule has 4 aromatic carbocycles. The normalized spacial score (nSPS) is 17.1. The van der Waals surface area contributed by atoms with Gasteiger partial charge in [0, 0.05) is 49.9 Å². The van der Waals surface area contributed by atoms with Crippen molar-refractivity contribution in [3.63, 3.8) is 0 Å². The van der Waals surface area contributed by atoms with Gasteiger partial charge in [-0.05, 0) is 125 Å². The molecule has 341 valence electrons. The van der Waals surface area contributed by atoms with Gasteiger partial charge in [0.2, 0.25) is 0 Å². The maximum Gasteiger partial charge on any atom is 0.164 e. The van der Waals surface area contributed by atoms with Crippen molar-refractivity contribution in [2.45, 2.75) is 146 Å². The van der Waals surface area contributed by atoms with Crippen LogP contribution in [0.25, 0.3) is 44.1 Å². The molecule has 6 aromatic rings. The molecule has 3 saturated carbocycles. The van der Waals surface area contributed by atoms with Crippen molar-refractivity contribution in [3.05, 3.63) is 143 Å². The second-order valence-electron chi connectivity index (χ2n) is 19.3. The zero-order chi connectivity index (χ0) is 45.4. The van der Waals surface area contributed by atoms with Gasteiger partial charge < -0.3 is 15.1 Å². The smallest absolute Gasteiger partial charge is 0.164 e. The standard InChI is InChI=1S/C25H26N.C20H20N.C14H26O2.Ir/c1-16-11-17(2)13-22(12-16)25-23-8-7-20(15-21(23)9-10-26-25)24-14-18-3-5-19(24)6-4-18;1-13(2)16-5-6-19-17(12-16)7-8-21-20(19)18-10-14(3)9-15(4)11-18;1-6-11(7-2)12(15)10-13(16)14(5,8-3)9-4;/h7-12,15,18-19,24H,3-6,14H2,1-2H3;5-10,12-13H,1-4H3;10-11,15H,6-9H2,1-5H3;/q2*-1;;/b;;12-10-;. The second-order valence-corrected chi connectivity index (χ2v) is 19.3. The Morgan fingerprint density at radius 3 is 1.70 bits per heavy atom. The molecule has 5 heteroatoms. The van der Waals surface area contributed by atoms with Crippen LogP contribution in [0.2, 0.25) is 0 Å². The maximum atomic E-state index is 12.0. The van der Waals surface area contributed by atoms with Gasteiger partial charge in [-0.25, -0.2) is 0 Å². The molecule has 1 radical (unpaired) electrons. The number of aromatic nitrogens is 2. The van der Waals surface area contributed by atoms with Gasteiger partial charge in [0.1, 0.15) is 0 Å². The van der Waals surface area contributed by atoms with E-state index in [1.807, 2.05) is 47.0 Å². The molecule has 0 amide bonds. The van der Waals surface area contributed by atoms with Gasteiger partial charge in [0.15, 0.2) is 5.78 Å². The minimum Gasteiger partial charge on any atom is -0.512 e. The molecule has 2 bridgehead atoms. The third kappa shape index (κ3) is 12.1. The van der Waals surface area contributed by atoms with E-state index in [9.17, 15) is 9.90 Å². The number of carbonyl (C=O) groups excluding carboxylic acids is 1. The van der Waals surface area contributed by atoms with E-state index >= 15 is 0 Å². The van der Waals surface area contributed by atoms with Crippen LogP contribution in [0.15, 0.2) is 97.0 Å². The van der Waals surface area contributed by atoms with Crippen molar-refractivity contribution in [1.82, 2.24) is 9.97 Å². The summed E-state index contributed by atoms with van der Waals surface area (Å²) < 4.78 is 0. The van der Waals surface area contributed by atoms with Gasteiger partial charge in [0.05, 0.1) is 5.76 Å². The minimum atomic E-state index is -0.319. The molecule has 2 aromatic heterocycles. The summed E-state index contributed by atoms with van der Waals surface area (Å²) >= 11 is 0. The summed E-state index contributed by atoms with van der Waals surface area (Å²) in [5, 5.41) is 14.9. The van der Waals surface area contributed by atoms with Crippen molar-refractivity contribution < 1.29 is 30.0 Å². The van der Waals surface area contributed by atoms with Crippen LogP contribution in [0.1, 0.15) is 151 Å². The van der Waals surface area contributed by atoms with Crippen LogP contribution in [0.4, 0.5) is 0 Å². The maximum absolute atomic E-state index is 12.0. The Bertz CT molecular complexity index is 2500. The Balaban J connectivity index is 0.000000186. The molecule has 1 atom stereocenters. The Morgan fingerprint density at radius 1 is 0.734 bits per heavy atom. The average Bonchev–Trinajstić information content (AvgIpc) is 3.28. The summed E-state index contributed by atoms with van der Waals surface area (Å²) in [7, 11) is 0. The average molecular weight is 1030 g/mol. The molecule has 64 heavy (non-hydrogen) atoms. The van der Waals surface area contributed by atoms with Crippen LogP contribution in [0.5, 0.6) is 0 Å². The molecule has 4 nitrogen and oxygen atoms in total. The van der Waals surface area contributed by atoms with E-state index in [0.717, 1.165) is 71.5 Å². The quantitative estimate of drug-likeness (QED) is 0.0798. The van der Waals surface area contributed by atoms with Crippen molar-refractivity contribution in [2.24, 2.45) is 23.2 Å². The van der Waals surface area contributed by atoms with Crippen molar-refractivity contribution in [3.8, 4) is 22.5 Å². The monoisotopic (exact) mass is 1030 g/mol. The van der Waals surface area contributed by atoms with E-state index in [4.69, 9.17) is 4.98 Å². The largest absolute Gasteiger partial charge is 0.512 e. The predicted molar refractivity (Wildman–Crippen MR) is 266 cm³/mol. The molecule has 1 unspecified atom stereocenters. The van der Waals surface area contributed by atoms with Crippen LogP contribution >= 0.6 is 0 Å². The molecular weight excluding hydrogens is 961 g/mol. The molecule has 2 heterocycles. The van der Waals surface area contributed by atoms with E-state index in [2.05, 4.69) is 131 Å². The number of carbonyl (C=O) groups is 1. The number of rotatable bonds is 11. The van der Waals surface area contributed by atoms with E-state index in [-0.39, 0.29) is 43.0 Å². The van der Waals surface area contributed by atoms with Gasteiger partial charge in [0.25, 0.3) is 0 Å². The predicted octanol–water partition coefficient (Wildman–Crippen LogP) is 16.3. The molecular formula is C59H72IrN2O2-2. The Kier molecular flexibility index (Phi) is 17.9. The third-order valence-corrected chi connectivity index (χ3v) is 14.4. The summed E-state index contributed by atoms with van der Waals surface area (Å²) in [4.78, 5) is 21.3. The first-order chi connectivity index (χ1) is 30.2. The van der Waals surface area contributed by atoms with Crippen LogP contribution in [0, 0.1) is 63.0 Å². The van der Waals surface area contributed by atoms with E-state index in [1.54, 1.807) is 5.56 Å². The van der Waals surface area contributed by atoms with Gasteiger partial charge in [-0.3, -0.25) is 4.79 Å². The molecule has 0 saturated heterocycles. The number of hydrogen-bond donors (Lipinski definition) is 1. The Hall–Kier alpha value is -4.44. The first-order valence-corrected chi connectivity index (χ1v) is 23.9. The number of benzene rings is 4.